The lowest BCUT2D eigenvalue weighted by atomic mass is 10.6. The lowest BCUT2D eigenvalue weighted by Gasteiger charge is -1.98. The first-order valence-corrected chi connectivity index (χ1v) is 5.53. The summed E-state index contributed by atoms with van der Waals surface area (Å²) in [6.45, 7) is 0. The molecule has 0 atom stereocenters. The maximum atomic E-state index is 11.8. The molecule has 0 aliphatic rings. The summed E-state index contributed by atoms with van der Waals surface area (Å²) in [6.07, 6.45) is 1.50. The molecule has 0 fully saturated rings. The van der Waals surface area contributed by atoms with Crippen LogP contribution < -0.4 is 5.56 Å². The van der Waals surface area contributed by atoms with Crippen LogP contribution in [0, 0.1) is 0 Å². The van der Waals surface area contributed by atoms with Crippen LogP contribution >= 0.6 is 0 Å². The minimum Gasteiger partial charge on any atom is -0.352 e. The summed E-state index contributed by atoms with van der Waals surface area (Å²) >= 11 is 0. The van der Waals surface area contributed by atoms with E-state index < -0.39 is 15.4 Å². The second-order valence-electron chi connectivity index (χ2n) is 2.80. The van der Waals surface area contributed by atoms with Gasteiger partial charge in [0.1, 0.15) is 5.03 Å². The average molecular weight is 225 g/mol. The van der Waals surface area contributed by atoms with Crippen molar-refractivity contribution < 1.29 is 8.42 Å². The summed E-state index contributed by atoms with van der Waals surface area (Å²) < 4.78 is 23.6. The van der Waals surface area contributed by atoms with Crippen molar-refractivity contribution >= 4 is 9.84 Å². The Balaban J connectivity index is 2.57. The van der Waals surface area contributed by atoms with Crippen LogP contribution in [0.4, 0.5) is 0 Å². The van der Waals surface area contributed by atoms with Crippen LogP contribution in [-0.4, -0.2) is 23.6 Å². The van der Waals surface area contributed by atoms with Gasteiger partial charge in [0.2, 0.25) is 9.84 Å². The van der Waals surface area contributed by atoms with Crippen molar-refractivity contribution in [3.8, 4) is 0 Å². The Morgan fingerprint density at radius 3 is 2.53 bits per heavy atom. The summed E-state index contributed by atoms with van der Waals surface area (Å²) in [5.41, 5.74) is -0.444. The highest BCUT2D eigenvalue weighted by Crippen LogP contribution is 2.14. The number of hydrogen-bond acceptors (Lipinski definition) is 4. The number of nitrogens with zero attached hydrogens (tertiary/aromatic N) is 1. The number of aromatic nitrogens is 3. The van der Waals surface area contributed by atoms with Crippen molar-refractivity contribution in [3.05, 3.63) is 40.8 Å². The predicted molar refractivity (Wildman–Crippen MR) is 51.1 cm³/mol. The van der Waals surface area contributed by atoms with Crippen LogP contribution in [0.2, 0.25) is 0 Å². The van der Waals surface area contributed by atoms with Gasteiger partial charge in [-0.1, -0.05) is 0 Å². The SMILES string of the molecule is O=c1ccc(S(=O)(=O)c2ccc[nH]2)n[nH]1. The van der Waals surface area contributed by atoms with Crippen molar-refractivity contribution in [2.45, 2.75) is 10.1 Å². The molecule has 0 bridgehead atoms. The van der Waals surface area contributed by atoms with Gasteiger partial charge in [-0.3, -0.25) is 4.79 Å². The number of hydrogen-bond donors (Lipinski definition) is 2. The largest absolute Gasteiger partial charge is 0.352 e. The summed E-state index contributed by atoms with van der Waals surface area (Å²) in [5.74, 6) is 0. The van der Waals surface area contributed by atoms with Gasteiger partial charge < -0.3 is 4.98 Å². The van der Waals surface area contributed by atoms with Gasteiger partial charge in [-0.2, -0.15) is 5.10 Å². The standard InChI is InChI=1S/C8H7N3O3S/c12-6-3-4-8(11-10-6)15(13,14)7-2-1-5-9-7/h1-5,9H,(H,10,12). The van der Waals surface area contributed by atoms with Crippen molar-refractivity contribution in [3.63, 3.8) is 0 Å². The van der Waals surface area contributed by atoms with E-state index in [1.54, 1.807) is 6.07 Å². The maximum absolute atomic E-state index is 11.8. The predicted octanol–water partition coefficient (Wildman–Crippen LogP) is -0.0692. The molecular formula is C8H7N3O3S. The van der Waals surface area contributed by atoms with Crippen LogP contribution in [0.5, 0.6) is 0 Å². The lowest BCUT2D eigenvalue weighted by Crippen LogP contribution is -2.12. The highest BCUT2D eigenvalue weighted by molar-refractivity contribution is 7.91. The summed E-state index contributed by atoms with van der Waals surface area (Å²) in [4.78, 5) is 13.3. The first-order chi connectivity index (χ1) is 7.10. The third-order valence-corrected chi connectivity index (χ3v) is 3.40. The van der Waals surface area contributed by atoms with Gasteiger partial charge >= 0.3 is 0 Å². The van der Waals surface area contributed by atoms with E-state index >= 15 is 0 Å². The molecule has 2 aromatic heterocycles. The van der Waals surface area contributed by atoms with Crippen molar-refractivity contribution in [1.29, 1.82) is 0 Å². The highest BCUT2D eigenvalue weighted by Gasteiger charge is 2.19. The number of sulfone groups is 1. The molecule has 0 spiro atoms. The zero-order valence-corrected chi connectivity index (χ0v) is 8.28. The van der Waals surface area contributed by atoms with E-state index in [1.165, 1.54) is 12.3 Å². The summed E-state index contributed by atoms with van der Waals surface area (Å²) in [5, 5.41) is 5.38. The molecule has 2 N–H and O–H groups in total. The Labute approximate surface area is 84.9 Å². The van der Waals surface area contributed by atoms with Crippen LogP contribution in [-0.2, 0) is 9.84 Å². The lowest BCUT2D eigenvalue weighted by molar-refractivity contribution is 0.586. The molecule has 78 valence electrons. The molecule has 0 amide bonds. The van der Waals surface area contributed by atoms with E-state index in [9.17, 15) is 13.2 Å². The van der Waals surface area contributed by atoms with Crippen LogP contribution in [0.1, 0.15) is 0 Å². The summed E-state index contributed by atoms with van der Waals surface area (Å²) in [7, 11) is -3.65. The third-order valence-electron chi connectivity index (χ3n) is 1.79. The smallest absolute Gasteiger partial charge is 0.264 e. The fourth-order valence-electron chi connectivity index (χ4n) is 1.08. The number of H-pyrrole nitrogens is 2. The van der Waals surface area contributed by atoms with Gasteiger partial charge in [-0.25, -0.2) is 13.5 Å². The van der Waals surface area contributed by atoms with E-state index in [0.717, 1.165) is 12.1 Å². The topological polar surface area (TPSA) is 95.7 Å². The van der Waals surface area contributed by atoms with E-state index in [1.807, 2.05) is 0 Å². The zero-order valence-electron chi connectivity index (χ0n) is 7.47. The van der Waals surface area contributed by atoms with E-state index in [4.69, 9.17) is 0 Å². The monoisotopic (exact) mass is 225 g/mol. The molecule has 2 aromatic rings. The van der Waals surface area contributed by atoms with Crippen molar-refractivity contribution in [1.82, 2.24) is 15.2 Å². The Morgan fingerprint density at radius 1 is 1.20 bits per heavy atom. The number of nitrogens with one attached hydrogen (secondary N) is 2. The van der Waals surface area contributed by atoms with Gasteiger partial charge in [-0.05, 0) is 18.2 Å². The number of aromatic amines is 2. The maximum Gasteiger partial charge on any atom is 0.264 e. The Hall–Kier alpha value is -1.89. The van der Waals surface area contributed by atoms with Crippen LogP contribution in [0.3, 0.4) is 0 Å². The molecule has 15 heavy (non-hydrogen) atoms. The second-order valence-corrected chi connectivity index (χ2v) is 4.66. The zero-order chi connectivity index (χ0) is 10.9. The fourth-order valence-corrected chi connectivity index (χ4v) is 2.19. The van der Waals surface area contributed by atoms with Crippen LogP contribution in [0.25, 0.3) is 0 Å². The van der Waals surface area contributed by atoms with Gasteiger partial charge in [0.25, 0.3) is 5.56 Å². The quantitative estimate of drug-likeness (QED) is 0.747. The van der Waals surface area contributed by atoms with Gasteiger partial charge in [0.15, 0.2) is 5.03 Å². The van der Waals surface area contributed by atoms with Gasteiger partial charge in [-0.15, -0.1) is 0 Å². The van der Waals surface area contributed by atoms with Gasteiger partial charge in [0, 0.05) is 12.3 Å². The van der Waals surface area contributed by atoms with Crippen LogP contribution in [0.15, 0.2) is 45.3 Å². The summed E-state index contributed by atoms with van der Waals surface area (Å²) in [6, 6.07) is 5.26. The molecule has 0 aliphatic heterocycles. The first-order valence-electron chi connectivity index (χ1n) is 4.05. The van der Waals surface area contributed by atoms with E-state index in [2.05, 4.69) is 15.2 Å². The highest BCUT2D eigenvalue weighted by atomic mass is 32.2. The van der Waals surface area contributed by atoms with E-state index in [0.29, 0.717) is 0 Å². The third kappa shape index (κ3) is 1.68. The van der Waals surface area contributed by atoms with Crippen molar-refractivity contribution in [2.75, 3.05) is 0 Å². The minimum absolute atomic E-state index is 0.0436. The molecule has 7 heteroatoms. The van der Waals surface area contributed by atoms with Gasteiger partial charge in [0.05, 0.1) is 0 Å². The Bertz CT molecular complexity index is 592. The molecule has 2 rings (SSSR count). The molecule has 0 aliphatic carbocycles. The van der Waals surface area contributed by atoms with E-state index in [-0.39, 0.29) is 10.1 Å². The fraction of sp³-hybridized carbons (Fsp3) is 0. The molecule has 0 saturated heterocycles. The second kappa shape index (κ2) is 3.35. The first kappa shape index (κ1) is 9.66. The molecule has 2 heterocycles. The molecule has 6 nitrogen and oxygen atoms in total. The average Bonchev–Trinajstić information content (AvgIpc) is 2.71. The molecular weight excluding hydrogens is 218 g/mol. The molecule has 0 aromatic carbocycles. The Kier molecular flexibility index (Phi) is 2.16. The number of rotatable bonds is 2. The molecule has 0 radical (unpaired) electrons. The molecule has 0 saturated carbocycles. The van der Waals surface area contributed by atoms with Crippen molar-refractivity contribution in [2.24, 2.45) is 0 Å². The minimum atomic E-state index is -3.65. The molecule has 0 unspecified atom stereocenters. The normalized spacial score (nSPS) is 11.5. The Morgan fingerprint density at radius 2 is 2.00 bits per heavy atom.